The van der Waals surface area contributed by atoms with Crippen molar-refractivity contribution in [2.45, 2.75) is 64.1 Å². The maximum Gasteiger partial charge on any atom is 0.416 e. The van der Waals surface area contributed by atoms with E-state index in [1.165, 1.54) is 0 Å². The number of rotatable bonds is 9. The number of aryl methyl sites for hydroxylation is 1. The quantitative estimate of drug-likeness (QED) is 0.181. The minimum atomic E-state index is -4.94. The zero-order valence-electron chi connectivity index (χ0n) is 23.2. The van der Waals surface area contributed by atoms with Crippen LogP contribution in [0.1, 0.15) is 53.5 Å². The van der Waals surface area contributed by atoms with E-state index in [0.717, 1.165) is 59.8 Å². The van der Waals surface area contributed by atoms with Crippen molar-refractivity contribution < 1.29 is 26.3 Å². The predicted octanol–water partition coefficient (Wildman–Crippen LogP) is 9.55. The number of benzene rings is 2. The first-order chi connectivity index (χ1) is 20.3. The Kier molecular flexibility index (Phi) is 7.81. The molecule has 4 nitrogen and oxygen atoms in total. The smallest absolute Gasteiger partial charge is 0.366 e. The lowest BCUT2D eigenvalue weighted by Crippen LogP contribution is -2.28. The lowest BCUT2D eigenvalue weighted by molar-refractivity contribution is -0.143. The van der Waals surface area contributed by atoms with E-state index in [1.807, 2.05) is 31.2 Å². The normalized spacial score (nSPS) is 15.7. The first-order valence-electron chi connectivity index (χ1n) is 14.2. The third kappa shape index (κ3) is 6.92. The Balaban J connectivity index is 1.43. The molecule has 2 heterocycles. The van der Waals surface area contributed by atoms with Gasteiger partial charge >= 0.3 is 12.4 Å². The van der Waals surface area contributed by atoms with Crippen molar-refractivity contribution in [2.24, 2.45) is 11.8 Å². The van der Waals surface area contributed by atoms with Gasteiger partial charge in [0.25, 0.3) is 0 Å². The zero-order valence-corrected chi connectivity index (χ0v) is 24.8. The SMILES string of the molecule is Cc1cccc2cc(CN(Cc3cc(C(F)(F)F)cc(C(F)(F)F)c3)c3ccc(Br)cn3)c(NC(C3CC3)C3CC3)nc12. The molecule has 43 heavy (non-hydrogen) atoms. The van der Waals surface area contributed by atoms with E-state index in [4.69, 9.17) is 4.98 Å². The van der Waals surface area contributed by atoms with Crippen molar-refractivity contribution in [3.8, 4) is 0 Å². The number of halogens is 7. The van der Waals surface area contributed by atoms with E-state index in [-0.39, 0.29) is 30.8 Å². The van der Waals surface area contributed by atoms with Crippen LogP contribution >= 0.6 is 15.9 Å². The van der Waals surface area contributed by atoms with Crippen molar-refractivity contribution in [3.05, 3.63) is 93.1 Å². The highest BCUT2D eigenvalue weighted by atomic mass is 79.9. The van der Waals surface area contributed by atoms with Gasteiger partial charge in [-0.1, -0.05) is 18.2 Å². The summed E-state index contributed by atoms with van der Waals surface area (Å²) in [5, 5.41) is 4.62. The first-order valence-corrected chi connectivity index (χ1v) is 14.9. The van der Waals surface area contributed by atoms with Gasteiger partial charge in [0.05, 0.1) is 16.6 Å². The molecule has 2 saturated carbocycles. The van der Waals surface area contributed by atoms with Gasteiger partial charge < -0.3 is 10.2 Å². The maximum atomic E-state index is 13.7. The Labute approximate surface area is 253 Å². The lowest BCUT2D eigenvalue weighted by Gasteiger charge is -2.27. The van der Waals surface area contributed by atoms with Crippen molar-refractivity contribution in [3.63, 3.8) is 0 Å². The van der Waals surface area contributed by atoms with Gasteiger partial charge in [0.15, 0.2) is 0 Å². The van der Waals surface area contributed by atoms with E-state index >= 15 is 0 Å². The third-order valence-corrected chi connectivity index (χ3v) is 8.58. The molecule has 0 bridgehead atoms. The predicted molar refractivity (Wildman–Crippen MR) is 158 cm³/mol. The summed E-state index contributed by atoms with van der Waals surface area (Å²) in [4.78, 5) is 11.2. The molecule has 4 aromatic rings. The number of nitrogens with one attached hydrogen (secondary N) is 1. The number of aromatic nitrogens is 2. The highest BCUT2D eigenvalue weighted by Gasteiger charge is 2.42. The molecule has 0 unspecified atom stereocenters. The molecule has 226 valence electrons. The van der Waals surface area contributed by atoms with Crippen LogP contribution in [-0.2, 0) is 25.4 Å². The van der Waals surface area contributed by atoms with E-state index in [1.54, 1.807) is 23.2 Å². The average Bonchev–Trinajstić information content (AvgIpc) is 3.86. The average molecular weight is 664 g/mol. The van der Waals surface area contributed by atoms with E-state index < -0.39 is 23.5 Å². The number of anilines is 2. The van der Waals surface area contributed by atoms with Crippen LogP contribution in [0.2, 0.25) is 0 Å². The largest absolute Gasteiger partial charge is 0.416 e. The Morgan fingerprint density at radius 3 is 2.09 bits per heavy atom. The van der Waals surface area contributed by atoms with Crippen LogP contribution in [-0.4, -0.2) is 16.0 Å². The molecule has 2 fully saturated rings. The Bertz CT molecular complexity index is 1580. The van der Waals surface area contributed by atoms with Gasteiger partial charge in [-0.15, -0.1) is 0 Å². The van der Waals surface area contributed by atoms with Crippen LogP contribution in [0.3, 0.4) is 0 Å². The lowest BCUT2D eigenvalue weighted by atomic mass is 10.0. The number of nitrogens with zero attached hydrogens (tertiary/aromatic N) is 3. The summed E-state index contributed by atoms with van der Waals surface area (Å²) >= 11 is 3.35. The van der Waals surface area contributed by atoms with E-state index in [9.17, 15) is 26.3 Å². The van der Waals surface area contributed by atoms with Crippen molar-refractivity contribution >= 4 is 38.5 Å². The minimum Gasteiger partial charge on any atom is -0.366 e. The molecule has 1 N–H and O–H groups in total. The summed E-state index contributed by atoms with van der Waals surface area (Å²) in [7, 11) is 0. The summed E-state index contributed by atoms with van der Waals surface area (Å²) in [5.74, 6) is 2.24. The molecule has 11 heteroatoms. The standard InChI is InChI=1S/C32H29BrF6N4/c1-18-3-2-4-22-13-23(30(41-28(18)22)42-29(20-5-6-20)21-7-8-21)17-43(27-10-9-26(33)15-40-27)16-19-11-24(31(34,35)36)14-25(12-19)32(37,38)39/h2-4,9-15,20-21,29H,5-8,16-17H2,1H3,(H,41,42). The topological polar surface area (TPSA) is 41.1 Å². The summed E-state index contributed by atoms with van der Waals surface area (Å²) in [6.07, 6.45) is -3.70. The van der Waals surface area contributed by atoms with Gasteiger partial charge in [-0.2, -0.15) is 26.3 Å². The van der Waals surface area contributed by atoms with Crippen molar-refractivity contribution in [2.75, 3.05) is 10.2 Å². The van der Waals surface area contributed by atoms with Crippen LogP contribution in [0.25, 0.3) is 10.9 Å². The fourth-order valence-corrected chi connectivity index (χ4v) is 5.87. The molecule has 6 rings (SSSR count). The van der Waals surface area contributed by atoms with Crippen LogP contribution in [0.4, 0.5) is 38.0 Å². The summed E-state index contributed by atoms with van der Waals surface area (Å²) in [6, 6.07) is 13.3. The summed E-state index contributed by atoms with van der Waals surface area (Å²) in [6.45, 7) is 1.91. The summed E-state index contributed by atoms with van der Waals surface area (Å²) in [5.41, 5.74) is -0.167. The molecular weight excluding hydrogens is 634 g/mol. The Morgan fingerprint density at radius 2 is 1.53 bits per heavy atom. The van der Waals surface area contributed by atoms with Gasteiger partial charge in [0, 0.05) is 40.8 Å². The molecule has 2 aromatic carbocycles. The first kappa shape index (κ1) is 29.7. The van der Waals surface area contributed by atoms with Crippen LogP contribution in [0, 0.1) is 18.8 Å². The number of alkyl halides is 6. The van der Waals surface area contributed by atoms with Crippen molar-refractivity contribution in [1.82, 2.24) is 9.97 Å². The second kappa shape index (κ2) is 11.3. The maximum absolute atomic E-state index is 13.7. The molecular formula is C32H29BrF6N4. The molecule has 0 amide bonds. The van der Waals surface area contributed by atoms with Gasteiger partial charge in [-0.25, -0.2) is 9.97 Å². The van der Waals surface area contributed by atoms with Gasteiger partial charge in [0.1, 0.15) is 11.6 Å². The fraction of sp³-hybridized carbons (Fsp3) is 0.375. The molecule has 2 aliphatic rings. The molecule has 2 aromatic heterocycles. The minimum absolute atomic E-state index is 0.125. The van der Waals surface area contributed by atoms with Gasteiger partial charge in [-0.3, -0.25) is 0 Å². The number of hydrogen-bond acceptors (Lipinski definition) is 4. The highest BCUT2D eigenvalue weighted by Crippen LogP contribution is 2.46. The van der Waals surface area contributed by atoms with Gasteiger partial charge in [-0.05, 0) is 108 Å². The Hall–Kier alpha value is -3.34. The molecule has 2 aliphatic carbocycles. The van der Waals surface area contributed by atoms with E-state index in [2.05, 4.69) is 26.2 Å². The van der Waals surface area contributed by atoms with Crippen LogP contribution < -0.4 is 10.2 Å². The summed E-state index contributed by atoms with van der Waals surface area (Å²) < 4.78 is 82.7. The fourth-order valence-electron chi connectivity index (χ4n) is 5.63. The molecule has 0 saturated heterocycles. The van der Waals surface area contributed by atoms with Crippen LogP contribution in [0.5, 0.6) is 0 Å². The number of pyridine rings is 2. The van der Waals surface area contributed by atoms with Crippen LogP contribution in [0.15, 0.2) is 65.3 Å². The highest BCUT2D eigenvalue weighted by molar-refractivity contribution is 9.10. The second-order valence-corrected chi connectivity index (χ2v) is 12.5. The monoisotopic (exact) mass is 662 g/mol. The second-order valence-electron chi connectivity index (χ2n) is 11.6. The van der Waals surface area contributed by atoms with Gasteiger partial charge in [0.2, 0.25) is 0 Å². The third-order valence-electron chi connectivity index (χ3n) is 8.11. The zero-order chi connectivity index (χ0) is 30.5. The molecule has 0 radical (unpaired) electrons. The van der Waals surface area contributed by atoms with Crippen molar-refractivity contribution in [1.29, 1.82) is 0 Å². The van der Waals surface area contributed by atoms with E-state index in [0.29, 0.717) is 27.9 Å². The Morgan fingerprint density at radius 1 is 0.884 bits per heavy atom. The number of hydrogen-bond donors (Lipinski definition) is 1. The molecule has 0 atom stereocenters. The number of fused-ring (bicyclic) bond motifs is 1. The molecule has 0 spiro atoms. The molecule has 0 aliphatic heterocycles. The number of para-hydroxylation sites is 1.